The largest absolute Gasteiger partial charge is 0.493 e. The van der Waals surface area contributed by atoms with Crippen LogP contribution >= 0.6 is 11.8 Å². The van der Waals surface area contributed by atoms with Gasteiger partial charge in [-0.1, -0.05) is 42.1 Å². The maximum atomic E-state index is 13.5. The minimum atomic E-state index is -3.95. The second-order valence-electron chi connectivity index (χ2n) is 9.54. The molecule has 0 radical (unpaired) electrons. The fourth-order valence-electron chi connectivity index (χ4n) is 4.82. The molecular weight excluding hydrogens is 604 g/mol. The number of rotatable bonds is 9. The third kappa shape index (κ3) is 5.83. The molecule has 1 fully saturated rings. The van der Waals surface area contributed by atoms with Gasteiger partial charge in [0.25, 0.3) is 0 Å². The van der Waals surface area contributed by atoms with E-state index in [0.717, 1.165) is 22.2 Å². The van der Waals surface area contributed by atoms with Crippen molar-refractivity contribution in [1.82, 2.24) is 4.98 Å². The molecule has 1 aliphatic heterocycles. The lowest BCUT2D eigenvalue weighted by Gasteiger charge is -2.18. The first-order chi connectivity index (χ1) is 21.1. The highest BCUT2D eigenvalue weighted by atomic mass is 32.2. The lowest BCUT2D eigenvalue weighted by molar-refractivity contribution is -0.121. The summed E-state index contributed by atoms with van der Waals surface area (Å²) >= 11 is 1.02. The van der Waals surface area contributed by atoms with E-state index >= 15 is 0 Å². The summed E-state index contributed by atoms with van der Waals surface area (Å²) in [5.41, 5.74) is 2.82. The highest BCUT2D eigenvalue weighted by Crippen LogP contribution is 2.44. The second kappa shape index (κ2) is 12.4. The first-order valence-corrected chi connectivity index (χ1v) is 15.5. The van der Waals surface area contributed by atoms with Gasteiger partial charge in [-0.05, 0) is 48.0 Å². The standard InChI is InChI=1S/C31H26N4O7S2/c1-40-25-13-19(14-26(41-2)29(25)42-3)22-15-24(18-7-5-4-6-8-18)34-30(23(22)17-32)43-27-16-28(36)35(31(27)37)20-9-11-21(12-10-20)44(33,38)39/h4-15,27H,16H2,1-3H3,(H2,33,38,39). The summed E-state index contributed by atoms with van der Waals surface area (Å²) in [6, 6.07) is 21.9. The Morgan fingerprint density at radius 2 is 1.57 bits per heavy atom. The quantitative estimate of drug-likeness (QED) is 0.263. The van der Waals surface area contributed by atoms with E-state index in [1.165, 1.54) is 45.6 Å². The number of nitriles is 1. The molecule has 13 heteroatoms. The Morgan fingerprint density at radius 3 is 2.11 bits per heavy atom. The Bertz CT molecular complexity index is 1880. The van der Waals surface area contributed by atoms with Crippen LogP contribution in [0.2, 0.25) is 0 Å². The molecule has 0 bridgehead atoms. The maximum absolute atomic E-state index is 13.5. The third-order valence-corrected chi connectivity index (χ3v) is 9.03. The number of benzene rings is 3. The predicted octanol–water partition coefficient (Wildman–Crippen LogP) is 4.38. The van der Waals surface area contributed by atoms with E-state index in [9.17, 15) is 23.3 Å². The summed E-state index contributed by atoms with van der Waals surface area (Å²) in [6.07, 6.45) is -0.151. The summed E-state index contributed by atoms with van der Waals surface area (Å²) < 4.78 is 39.8. The number of sulfonamides is 1. The van der Waals surface area contributed by atoms with Crippen LogP contribution in [0.3, 0.4) is 0 Å². The highest BCUT2D eigenvalue weighted by Gasteiger charge is 2.41. The van der Waals surface area contributed by atoms with Gasteiger partial charge in [0.05, 0.1) is 48.4 Å². The predicted molar refractivity (Wildman–Crippen MR) is 164 cm³/mol. The summed E-state index contributed by atoms with van der Waals surface area (Å²) in [4.78, 5) is 32.2. The van der Waals surface area contributed by atoms with Gasteiger partial charge in [-0.15, -0.1) is 0 Å². The number of ether oxygens (including phenoxy) is 3. The summed E-state index contributed by atoms with van der Waals surface area (Å²) in [5.74, 6) is 0.167. The van der Waals surface area contributed by atoms with E-state index in [0.29, 0.717) is 34.1 Å². The maximum Gasteiger partial charge on any atom is 0.247 e. The van der Waals surface area contributed by atoms with Crippen molar-refractivity contribution in [3.8, 4) is 45.7 Å². The number of thioether (sulfide) groups is 1. The van der Waals surface area contributed by atoms with Crippen LogP contribution in [0.5, 0.6) is 17.2 Å². The van der Waals surface area contributed by atoms with Gasteiger partial charge in [-0.2, -0.15) is 5.26 Å². The summed E-state index contributed by atoms with van der Waals surface area (Å²) in [5, 5.41) is 14.9. The number of nitrogens with two attached hydrogens (primary N) is 1. The van der Waals surface area contributed by atoms with Crippen molar-refractivity contribution in [2.75, 3.05) is 26.2 Å². The highest BCUT2D eigenvalue weighted by molar-refractivity contribution is 8.00. The van der Waals surface area contributed by atoms with Gasteiger partial charge >= 0.3 is 0 Å². The molecule has 5 rings (SSSR count). The summed E-state index contributed by atoms with van der Waals surface area (Å²) in [7, 11) is 0.528. The summed E-state index contributed by atoms with van der Waals surface area (Å²) in [6.45, 7) is 0. The number of anilines is 1. The molecule has 2 heterocycles. The molecule has 224 valence electrons. The van der Waals surface area contributed by atoms with E-state index in [4.69, 9.17) is 24.3 Å². The minimum absolute atomic E-state index is 0.147. The molecule has 2 amide bonds. The van der Waals surface area contributed by atoms with E-state index < -0.39 is 27.1 Å². The van der Waals surface area contributed by atoms with Gasteiger partial charge in [0.15, 0.2) is 11.5 Å². The second-order valence-corrected chi connectivity index (χ2v) is 12.3. The Hall–Kier alpha value is -4.90. The van der Waals surface area contributed by atoms with Gasteiger partial charge < -0.3 is 14.2 Å². The normalized spacial score (nSPS) is 14.8. The van der Waals surface area contributed by atoms with Gasteiger partial charge in [0.1, 0.15) is 11.1 Å². The van der Waals surface area contributed by atoms with Crippen LogP contribution in [0.15, 0.2) is 82.7 Å². The number of primary sulfonamides is 1. The van der Waals surface area contributed by atoms with Gasteiger partial charge in [-0.25, -0.2) is 23.4 Å². The molecule has 1 atom stereocenters. The Morgan fingerprint density at radius 1 is 0.932 bits per heavy atom. The molecule has 0 aliphatic carbocycles. The fraction of sp³-hybridized carbons (Fsp3) is 0.161. The van der Waals surface area contributed by atoms with Crippen LogP contribution in [0.4, 0.5) is 5.69 Å². The Labute approximate surface area is 258 Å². The first kappa shape index (κ1) is 30.6. The smallest absolute Gasteiger partial charge is 0.247 e. The minimum Gasteiger partial charge on any atom is -0.493 e. The molecule has 1 unspecified atom stereocenters. The number of pyridine rings is 1. The molecule has 1 aromatic heterocycles. The first-order valence-electron chi connectivity index (χ1n) is 13.1. The van der Waals surface area contributed by atoms with Crippen LogP contribution in [0.1, 0.15) is 12.0 Å². The van der Waals surface area contributed by atoms with Crippen LogP contribution in [0, 0.1) is 11.3 Å². The van der Waals surface area contributed by atoms with Crippen LogP contribution in [-0.4, -0.2) is 51.8 Å². The number of carbonyl (C=O) groups excluding carboxylic acids is 2. The van der Waals surface area contributed by atoms with Crippen molar-refractivity contribution >= 4 is 39.3 Å². The zero-order chi connectivity index (χ0) is 31.6. The number of nitrogens with zero attached hydrogens (tertiary/aromatic N) is 3. The van der Waals surface area contributed by atoms with Crippen molar-refractivity contribution < 1.29 is 32.2 Å². The van der Waals surface area contributed by atoms with Crippen LogP contribution in [-0.2, 0) is 19.6 Å². The number of carbonyl (C=O) groups is 2. The number of amides is 2. The van der Waals surface area contributed by atoms with Gasteiger partial charge in [0, 0.05) is 17.5 Å². The van der Waals surface area contributed by atoms with Gasteiger partial charge in [-0.3, -0.25) is 9.59 Å². The average molecular weight is 631 g/mol. The number of methoxy groups -OCH3 is 3. The molecular formula is C31H26N4O7S2. The monoisotopic (exact) mass is 630 g/mol. The van der Waals surface area contributed by atoms with E-state index in [1.54, 1.807) is 18.2 Å². The number of hydrogen-bond donors (Lipinski definition) is 1. The molecule has 2 N–H and O–H groups in total. The van der Waals surface area contributed by atoms with Crippen LogP contribution in [0.25, 0.3) is 22.4 Å². The average Bonchev–Trinajstić information content (AvgIpc) is 3.31. The SMILES string of the molecule is COc1cc(-c2cc(-c3ccccc3)nc(SC3CC(=O)N(c4ccc(S(N)(=O)=O)cc4)C3=O)c2C#N)cc(OC)c1OC. The van der Waals surface area contributed by atoms with Crippen molar-refractivity contribution in [2.45, 2.75) is 21.6 Å². The molecule has 0 spiro atoms. The molecule has 1 saturated heterocycles. The molecule has 11 nitrogen and oxygen atoms in total. The molecule has 0 saturated carbocycles. The van der Waals surface area contributed by atoms with Crippen molar-refractivity contribution in [3.05, 3.63) is 78.4 Å². The molecule has 3 aromatic carbocycles. The Kier molecular flexibility index (Phi) is 8.59. The van der Waals surface area contributed by atoms with E-state index in [1.807, 2.05) is 30.3 Å². The Balaban J connectivity index is 1.60. The zero-order valence-corrected chi connectivity index (χ0v) is 25.4. The van der Waals surface area contributed by atoms with Crippen LogP contribution < -0.4 is 24.2 Å². The fourth-order valence-corrected chi connectivity index (χ4v) is 6.46. The van der Waals surface area contributed by atoms with Crippen molar-refractivity contribution in [3.63, 3.8) is 0 Å². The van der Waals surface area contributed by atoms with Gasteiger partial charge in [0.2, 0.25) is 27.6 Å². The lowest BCUT2D eigenvalue weighted by atomic mass is 9.98. The topological polar surface area (TPSA) is 162 Å². The van der Waals surface area contributed by atoms with Crippen molar-refractivity contribution in [1.29, 1.82) is 5.26 Å². The third-order valence-electron chi connectivity index (χ3n) is 6.93. The number of aromatic nitrogens is 1. The lowest BCUT2D eigenvalue weighted by Crippen LogP contribution is -2.31. The molecule has 4 aromatic rings. The molecule has 1 aliphatic rings. The molecule has 44 heavy (non-hydrogen) atoms. The van der Waals surface area contributed by atoms with E-state index in [-0.39, 0.29) is 27.6 Å². The zero-order valence-electron chi connectivity index (χ0n) is 23.8. The van der Waals surface area contributed by atoms with E-state index in [2.05, 4.69) is 6.07 Å². The number of hydrogen-bond acceptors (Lipinski definition) is 10. The number of imide groups is 1. The van der Waals surface area contributed by atoms with Crippen molar-refractivity contribution in [2.24, 2.45) is 5.14 Å².